The van der Waals surface area contributed by atoms with Crippen LogP contribution in [0.15, 0.2) is 59.5 Å². The van der Waals surface area contributed by atoms with Crippen molar-refractivity contribution in [2.45, 2.75) is 51.5 Å². The van der Waals surface area contributed by atoms with Crippen LogP contribution in [0.3, 0.4) is 0 Å². The Hall–Kier alpha value is -3.03. The summed E-state index contributed by atoms with van der Waals surface area (Å²) in [6, 6.07) is 14.9. The molecule has 0 heterocycles. The van der Waals surface area contributed by atoms with E-state index in [1.54, 1.807) is 31.4 Å². The standard InChI is InChI=1S/C27H31ClN2O4S/c1-16(2)22-15-23(18(4)13-25(22)34-6)19(5)29-27(31)20-9-12-24(28)26(14-20)35(32,33)30-21-10-7-17(3)8-11-21/h7-16,19,30H,1-6H3,(H,29,31)/t19-/m1/s1. The number of hydrogen-bond donors (Lipinski definition) is 2. The highest BCUT2D eigenvalue weighted by Crippen LogP contribution is 2.32. The zero-order valence-corrected chi connectivity index (χ0v) is 22.3. The topological polar surface area (TPSA) is 84.5 Å². The van der Waals surface area contributed by atoms with Crippen molar-refractivity contribution >= 4 is 33.2 Å². The van der Waals surface area contributed by atoms with Crippen LogP contribution >= 0.6 is 11.6 Å². The molecule has 1 atom stereocenters. The summed E-state index contributed by atoms with van der Waals surface area (Å²) in [5.74, 6) is 0.660. The van der Waals surface area contributed by atoms with Crippen LogP contribution in [0.1, 0.15) is 65.3 Å². The monoisotopic (exact) mass is 514 g/mol. The molecule has 0 radical (unpaired) electrons. The van der Waals surface area contributed by atoms with Gasteiger partial charge in [0.25, 0.3) is 15.9 Å². The summed E-state index contributed by atoms with van der Waals surface area (Å²) in [5.41, 5.74) is 4.61. The van der Waals surface area contributed by atoms with Gasteiger partial charge in [0.1, 0.15) is 10.6 Å². The Balaban J connectivity index is 1.86. The van der Waals surface area contributed by atoms with Gasteiger partial charge in [-0.25, -0.2) is 8.42 Å². The lowest BCUT2D eigenvalue weighted by Crippen LogP contribution is -2.27. The third kappa shape index (κ3) is 6.16. The van der Waals surface area contributed by atoms with E-state index in [0.717, 1.165) is 28.0 Å². The number of anilines is 1. The fourth-order valence-corrected chi connectivity index (χ4v) is 5.44. The van der Waals surface area contributed by atoms with Gasteiger partial charge in [0.2, 0.25) is 0 Å². The summed E-state index contributed by atoms with van der Waals surface area (Å²) in [6.45, 7) is 9.94. The first-order valence-electron chi connectivity index (χ1n) is 11.3. The molecule has 8 heteroatoms. The Morgan fingerprint density at radius 3 is 2.20 bits per heavy atom. The van der Waals surface area contributed by atoms with E-state index in [0.29, 0.717) is 5.69 Å². The molecule has 0 aliphatic rings. The average Bonchev–Trinajstić information content (AvgIpc) is 2.79. The zero-order valence-electron chi connectivity index (χ0n) is 20.8. The number of halogens is 1. The number of aryl methyl sites for hydroxylation is 2. The van der Waals surface area contributed by atoms with Crippen molar-refractivity contribution in [2.75, 3.05) is 11.8 Å². The Morgan fingerprint density at radius 2 is 1.60 bits per heavy atom. The summed E-state index contributed by atoms with van der Waals surface area (Å²) < 4.78 is 34.0. The van der Waals surface area contributed by atoms with Crippen molar-refractivity contribution in [1.82, 2.24) is 5.32 Å². The minimum atomic E-state index is -4.00. The van der Waals surface area contributed by atoms with E-state index in [1.807, 2.05) is 32.9 Å². The summed E-state index contributed by atoms with van der Waals surface area (Å²) >= 11 is 6.21. The molecule has 1 amide bonds. The molecule has 0 unspecified atom stereocenters. The number of nitrogens with one attached hydrogen (secondary N) is 2. The van der Waals surface area contributed by atoms with Crippen molar-refractivity contribution in [3.05, 3.63) is 87.4 Å². The zero-order chi connectivity index (χ0) is 25.9. The maximum absolute atomic E-state index is 13.1. The van der Waals surface area contributed by atoms with Crippen LogP contribution in [0, 0.1) is 13.8 Å². The average molecular weight is 515 g/mol. The molecule has 2 N–H and O–H groups in total. The van der Waals surface area contributed by atoms with Crippen LogP contribution in [-0.2, 0) is 10.0 Å². The van der Waals surface area contributed by atoms with Gasteiger partial charge in [0, 0.05) is 11.3 Å². The fraction of sp³-hybridized carbons (Fsp3) is 0.296. The first-order valence-corrected chi connectivity index (χ1v) is 13.2. The van der Waals surface area contributed by atoms with Crippen LogP contribution in [0.2, 0.25) is 5.02 Å². The third-order valence-corrected chi connectivity index (χ3v) is 7.70. The van der Waals surface area contributed by atoms with Crippen molar-refractivity contribution in [3.8, 4) is 5.75 Å². The van der Waals surface area contributed by atoms with Gasteiger partial charge in [0.05, 0.1) is 18.2 Å². The lowest BCUT2D eigenvalue weighted by atomic mass is 9.93. The number of rotatable bonds is 8. The lowest BCUT2D eigenvalue weighted by molar-refractivity contribution is 0.0939. The summed E-state index contributed by atoms with van der Waals surface area (Å²) in [6.07, 6.45) is 0. The lowest BCUT2D eigenvalue weighted by Gasteiger charge is -2.21. The van der Waals surface area contributed by atoms with E-state index in [9.17, 15) is 13.2 Å². The highest BCUT2D eigenvalue weighted by atomic mass is 35.5. The second-order valence-corrected chi connectivity index (χ2v) is 11.0. The van der Waals surface area contributed by atoms with Crippen molar-refractivity contribution < 1.29 is 17.9 Å². The summed E-state index contributed by atoms with van der Waals surface area (Å²) in [7, 11) is -2.35. The minimum Gasteiger partial charge on any atom is -0.496 e. The van der Waals surface area contributed by atoms with Crippen LogP contribution in [0.4, 0.5) is 5.69 Å². The molecular weight excluding hydrogens is 484 g/mol. The number of amides is 1. The first-order chi connectivity index (χ1) is 16.4. The number of hydrogen-bond acceptors (Lipinski definition) is 4. The van der Waals surface area contributed by atoms with E-state index in [4.69, 9.17) is 16.3 Å². The van der Waals surface area contributed by atoms with Crippen LogP contribution in [0.5, 0.6) is 5.75 Å². The molecule has 3 aromatic carbocycles. The van der Waals surface area contributed by atoms with Gasteiger partial charge in [-0.2, -0.15) is 0 Å². The Labute approximate surface area is 212 Å². The number of benzene rings is 3. The maximum Gasteiger partial charge on any atom is 0.263 e. The van der Waals surface area contributed by atoms with Crippen molar-refractivity contribution in [1.29, 1.82) is 0 Å². The van der Waals surface area contributed by atoms with Crippen molar-refractivity contribution in [3.63, 3.8) is 0 Å². The molecule has 0 aromatic heterocycles. The highest BCUT2D eigenvalue weighted by Gasteiger charge is 2.22. The second-order valence-electron chi connectivity index (χ2n) is 8.92. The Kier molecular flexibility index (Phi) is 8.13. The molecule has 35 heavy (non-hydrogen) atoms. The molecule has 3 rings (SSSR count). The van der Waals surface area contributed by atoms with E-state index < -0.39 is 15.9 Å². The molecule has 0 saturated heterocycles. The largest absolute Gasteiger partial charge is 0.496 e. The molecule has 186 valence electrons. The minimum absolute atomic E-state index is 0.0294. The van der Waals surface area contributed by atoms with Gasteiger partial charge >= 0.3 is 0 Å². The molecular formula is C27H31ClN2O4S. The highest BCUT2D eigenvalue weighted by molar-refractivity contribution is 7.92. The number of carbonyl (C=O) groups is 1. The van der Waals surface area contributed by atoms with Crippen LogP contribution in [0.25, 0.3) is 0 Å². The number of ether oxygens (including phenoxy) is 1. The molecule has 0 fully saturated rings. The van der Waals surface area contributed by atoms with E-state index in [-0.39, 0.29) is 27.4 Å². The molecule has 0 aliphatic heterocycles. The van der Waals surface area contributed by atoms with Gasteiger partial charge in [0.15, 0.2) is 0 Å². The molecule has 0 spiro atoms. The SMILES string of the molecule is COc1cc(C)c([C@@H](C)NC(=O)c2ccc(Cl)c(S(=O)(=O)Nc3ccc(C)cc3)c2)cc1C(C)C. The molecule has 3 aromatic rings. The number of carbonyl (C=O) groups excluding carboxylic acids is 1. The van der Waals surface area contributed by atoms with Crippen LogP contribution < -0.4 is 14.8 Å². The van der Waals surface area contributed by atoms with Gasteiger partial charge < -0.3 is 10.1 Å². The number of methoxy groups -OCH3 is 1. The van der Waals surface area contributed by atoms with Crippen LogP contribution in [-0.4, -0.2) is 21.4 Å². The number of sulfonamides is 1. The van der Waals surface area contributed by atoms with E-state index in [2.05, 4.69) is 23.9 Å². The predicted octanol–water partition coefficient (Wildman–Crippen LogP) is 6.38. The molecule has 0 bridgehead atoms. The van der Waals surface area contributed by atoms with Crippen molar-refractivity contribution in [2.24, 2.45) is 0 Å². The Bertz CT molecular complexity index is 1340. The Morgan fingerprint density at radius 1 is 0.943 bits per heavy atom. The fourth-order valence-electron chi connectivity index (χ4n) is 3.85. The van der Waals surface area contributed by atoms with Gasteiger partial charge in [-0.15, -0.1) is 0 Å². The third-order valence-electron chi connectivity index (χ3n) is 5.84. The smallest absolute Gasteiger partial charge is 0.263 e. The molecule has 0 saturated carbocycles. The second kappa shape index (κ2) is 10.7. The predicted molar refractivity (Wildman–Crippen MR) is 141 cm³/mol. The maximum atomic E-state index is 13.1. The van der Waals surface area contributed by atoms with Gasteiger partial charge in [-0.3, -0.25) is 9.52 Å². The normalized spacial score (nSPS) is 12.3. The molecule has 6 nitrogen and oxygen atoms in total. The quantitative estimate of drug-likeness (QED) is 0.365. The summed E-state index contributed by atoms with van der Waals surface area (Å²) in [4.78, 5) is 12.9. The van der Waals surface area contributed by atoms with E-state index >= 15 is 0 Å². The first kappa shape index (κ1) is 26.6. The van der Waals surface area contributed by atoms with Gasteiger partial charge in [-0.05, 0) is 85.8 Å². The van der Waals surface area contributed by atoms with E-state index in [1.165, 1.54) is 18.2 Å². The summed E-state index contributed by atoms with van der Waals surface area (Å²) in [5, 5.41) is 3.00. The molecule has 0 aliphatic carbocycles. The van der Waals surface area contributed by atoms with Gasteiger partial charge in [-0.1, -0.05) is 43.1 Å².